The van der Waals surface area contributed by atoms with Gasteiger partial charge in [0.15, 0.2) is 0 Å². The summed E-state index contributed by atoms with van der Waals surface area (Å²) in [6, 6.07) is 0.0565. The number of unbranched alkanes of at least 4 members (excludes halogenated alkanes) is 1. The number of hydrogen-bond acceptors (Lipinski definition) is 4. The molecule has 2 saturated heterocycles. The second-order valence-electron chi connectivity index (χ2n) is 8.31. The van der Waals surface area contributed by atoms with Crippen molar-refractivity contribution < 1.29 is 19.1 Å². The first-order valence-corrected chi connectivity index (χ1v) is 9.75. The van der Waals surface area contributed by atoms with E-state index in [0.717, 1.165) is 25.7 Å². The summed E-state index contributed by atoms with van der Waals surface area (Å²) >= 11 is 0. The fraction of sp³-hybridized carbons (Fsp3) is 0.842. The van der Waals surface area contributed by atoms with Crippen molar-refractivity contribution in [3.63, 3.8) is 0 Å². The van der Waals surface area contributed by atoms with E-state index in [0.29, 0.717) is 26.2 Å². The number of amides is 3. The molecule has 0 aliphatic carbocycles. The number of hydrogen-bond donors (Lipinski definition) is 1. The van der Waals surface area contributed by atoms with E-state index in [1.165, 1.54) is 0 Å². The first-order valence-electron chi connectivity index (χ1n) is 9.75. The molecule has 3 amide bonds. The van der Waals surface area contributed by atoms with Gasteiger partial charge in [0.2, 0.25) is 11.8 Å². The summed E-state index contributed by atoms with van der Waals surface area (Å²) in [5, 5.41) is 3.07. The van der Waals surface area contributed by atoms with Crippen LogP contribution in [0.15, 0.2) is 0 Å². The molecule has 0 bridgehead atoms. The van der Waals surface area contributed by atoms with E-state index in [-0.39, 0.29) is 41.8 Å². The summed E-state index contributed by atoms with van der Waals surface area (Å²) in [6.45, 7) is 10.1. The molecule has 1 atom stereocenters. The van der Waals surface area contributed by atoms with Crippen LogP contribution in [0.25, 0.3) is 0 Å². The fourth-order valence-electron chi connectivity index (χ4n) is 3.45. The smallest absolute Gasteiger partial charge is 0.409 e. The first-order chi connectivity index (χ1) is 12.2. The van der Waals surface area contributed by atoms with Gasteiger partial charge in [0.1, 0.15) is 0 Å². The van der Waals surface area contributed by atoms with Gasteiger partial charge in [-0.15, -0.1) is 0 Å². The third-order valence-corrected chi connectivity index (χ3v) is 5.13. The van der Waals surface area contributed by atoms with Gasteiger partial charge in [0, 0.05) is 37.6 Å². The van der Waals surface area contributed by atoms with Crippen LogP contribution in [0.5, 0.6) is 0 Å². The molecule has 2 aliphatic heterocycles. The Kier molecular flexibility index (Phi) is 6.89. The minimum atomic E-state index is -0.279. The van der Waals surface area contributed by atoms with E-state index in [4.69, 9.17) is 4.74 Å². The van der Waals surface area contributed by atoms with Crippen LogP contribution < -0.4 is 5.32 Å². The van der Waals surface area contributed by atoms with E-state index in [1.54, 1.807) is 9.80 Å². The van der Waals surface area contributed by atoms with Crippen LogP contribution in [0.2, 0.25) is 0 Å². The van der Waals surface area contributed by atoms with Gasteiger partial charge in [-0.2, -0.15) is 0 Å². The molecule has 2 fully saturated rings. The zero-order valence-electron chi connectivity index (χ0n) is 16.5. The molecule has 2 aliphatic rings. The Hall–Kier alpha value is -1.79. The van der Waals surface area contributed by atoms with Gasteiger partial charge in [0.25, 0.3) is 0 Å². The molecule has 0 aromatic carbocycles. The van der Waals surface area contributed by atoms with Gasteiger partial charge in [0.05, 0.1) is 12.5 Å². The zero-order chi connectivity index (χ0) is 19.3. The van der Waals surface area contributed by atoms with Gasteiger partial charge in [-0.1, -0.05) is 13.3 Å². The number of piperidine rings is 1. The predicted molar refractivity (Wildman–Crippen MR) is 98.6 cm³/mol. The summed E-state index contributed by atoms with van der Waals surface area (Å²) < 4.78 is 5.23. The minimum Gasteiger partial charge on any atom is -0.449 e. The topological polar surface area (TPSA) is 79.0 Å². The maximum Gasteiger partial charge on any atom is 0.409 e. The quantitative estimate of drug-likeness (QED) is 0.755. The van der Waals surface area contributed by atoms with E-state index in [1.807, 2.05) is 20.8 Å². The summed E-state index contributed by atoms with van der Waals surface area (Å²) in [5.74, 6) is -0.282. The lowest BCUT2D eigenvalue weighted by atomic mass is 10.0. The number of carbonyl (C=O) groups is 3. The van der Waals surface area contributed by atoms with Crippen LogP contribution >= 0.6 is 0 Å². The predicted octanol–water partition coefficient (Wildman–Crippen LogP) is 2.15. The second-order valence-corrected chi connectivity index (χ2v) is 8.31. The lowest BCUT2D eigenvalue weighted by molar-refractivity contribution is -0.132. The summed E-state index contributed by atoms with van der Waals surface area (Å²) in [6.07, 6.45) is 3.34. The molecule has 148 valence electrons. The van der Waals surface area contributed by atoms with E-state index < -0.39 is 0 Å². The van der Waals surface area contributed by atoms with Crippen LogP contribution in [-0.4, -0.2) is 65.5 Å². The molecule has 0 radical (unpaired) electrons. The number of likely N-dealkylation sites (tertiary alicyclic amines) is 2. The molecule has 2 rings (SSSR count). The van der Waals surface area contributed by atoms with Crippen LogP contribution in [0.3, 0.4) is 0 Å². The molecule has 1 N–H and O–H groups in total. The maximum absolute atomic E-state index is 12.5. The lowest BCUT2D eigenvalue weighted by Gasteiger charge is -2.33. The fourth-order valence-corrected chi connectivity index (χ4v) is 3.45. The Balaban J connectivity index is 1.75. The van der Waals surface area contributed by atoms with E-state index in [2.05, 4.69) is 12.2 Å². The highest BCUT2D eigenvalue weighted by Crippen LogP contribution is 2.26. The van der Waals surface area contributed by atoms with Gasteiger partial charge >= 0.3 is 6.09 Å². The Labute approximate surface area is 156 Å². The molecular formula is C19H33N3O4. The van der Waals surface area contributed by atoms with Gasteiger partial charge in [-0.25, -0.2) is 4.79 Å². The third-order valence-electron chi connectivity index (χ3n) is 5.13. The summed E-state index contributed by atoms with van der Waals surface area (Å²) in [4.78, 5) is 40.1. The van der Waals surface area contributed by atoms with Crippen molar-refractivity contribution in [3.8, 4) is 0 Å². The lowest BCUT2D eigenvalue weighted by Crippen LogP contribution is -2.48. The molecule has 7 nitrogen and oxygen atoms in total. The van der Waals surface area contributed by atoms with Crippen molar-refractivity contribution in [3.05, 3.63) is 0 Å². The highest BCUT2D eigenvalue weighted by atomic mass is 16.6. The number of nitrogens with one attached hydrogen (secondary N) is 1. The van der Waals surface area contributed by atoms with Crippen LogP contribution in [0, 0.1) is 5.92 Å². The third kappa shape index (κ3) is 5.35. The molecular weight excluding hydrogens is 334 g/mol. The Morgan fingerprint density at radius 3 is 2.42 bits per heavy atom. The van der Waals surface area contributed by atoms with E-state index >= 15 is 0 Å². The molecule has 2 heterocycles. The molecule has 1 unspecified atom stereocenters. The van der Waals surface area contributed by atoms with Gasteiger partial charge in [-0.3, -0.25) is 9.59 Å². The molecule has 0 aromatic heterocycles. The van der Waals surface area contributed by atoms with Crippen LogP contribution in [0.4, 0.5) is 4.79 Å². The summed E-state index contributed by atoms with van der Waals surface area (Å²) in [7, 11) is 0. The Morgan fingerprint density at radius 1 is 1.23 bits per heavy atom. The average Bonchev–Trinajstić information content (AvgIpc) is 2.98. The van der Waals surface area contributed by atoms with Crippen molar-refractivity contribution in [1.29, 1.82) is 0 Å². The Bertz CT molecular complexity index is 521. The normalized spacial score (nSPS) is 21.8. The molecule has 0 spiro atoms. The number of rotatable bonds is 5. The van der Waals surface area contributed by atoms with Crippen LogP contribution in [-0.2, 0) is 14.3 Å². The average molecular weight is 367 g/mol. The number of nitrogens with zero attached hydrogens (tertiary/aromatic N) is 2. The molecule has 0 saturated carbocycles. The van der Waals surface area contributed by atoms with E-state index in [9.17, 15) is 14.4 Å². The zero-order valence-corrected chi connectivity index (χ0v) is 16.5. The largest absolute Gasteiger partial charge is 0.449 e. The summed E-state index contributed by atoms with van der Waals surface area (Å²) in [5.41, 5.74) is -0.254. The SMILES string of the molecule is CCCCOC(=O)N1CCC(NC(=O)C2CC(=O)N(C(C)(C)C)C2)CC1. The van der Waals surface area contributed by atoms with Crippen molar-refractivity contribution in [2.45, 2.75) is 71.4 Å². The Morgan fingerprint density at radius 2 is 1.88 bits per heavy atom. The number of carbonyl (C=O) groups excluding carboxylic acids is 3. The van der Waals surface area contributed by atoms with Crippen molar-refractivity contribution >= 4 is 17.9 Å². The molecule has 26 heavy (non-hydrogen) atoms. The highest BCUT2D eigenvalue weighted by Gasteiger charge is 2.40. The van der Waals surface area contributed by atoms with Crippen LogP contribution in [0.1, 0.15) is 59.8 Å². The van der Waals surface area contributed by atoms with Crippen molar-refractivity contribution in [2.75, 3.05) is 26.2 Å². The second kappa shape index (κ2) is 8.73. The van der Waals surface area contributed by atoms with Crippen molar-refractivity contribution in [2.24, 2.45) is 5.92 Å². The minimum absolute atomic E-state index is 0.0438. The highest BCUT2D eigenvalue weighted by molar-refractivity contribution is 5.89. The molecule has 0 aromatic rings. The standard InChI is InChI=1S/C19H33N3O4/c1-5-6-11-26-18(25)21-9-7-15(8-10-21)20-17(24)14-12-16(23)22(13-14)19(2,3)4/h14-15H,5-13H2,1-4H3,(H,20,24). The molecule has 7 heteroatoms. The van der Waals surface area contributed by atoms with Gasteiger partial charge in [-0.05, 0) is 40.0 Å². The maximum atomic E-state index is 12.5. The van der Waals surface area contributed by atoms with Crippen molar-refractivity contribution in [1.82, 2.24) is 15.1 Å². The number of ether oxygens (including phenoxy) is 1. The monoisotopic (exact) mass is 367 g/mol. The first kappa shape index (κ1) is 20.5. The van der Waals surface area contributed by atoms with Gasteiger partial charge < -0.3 is 19.9 Å².